The summed E-state index contributed by atoms with van der Waals surface area (Å²) in [6.45, 7) is 5.93. The highest BCUT2D eigenvalue weighted by Crippen LogP contribution is 2.25. The van der Waals surface area contributed by atoms with Gasteiger partial charge in [-0.05, 0) is 54.2 Å². The fraction of sp³-hybridized carbons (Fsp3) is 0.348. The summed E-state index contributed by atoms with van der Waals surface area (Å²) in [7, 11) is 0. The number of aromatic nitrogens is 1. The van der Waals surface area contributed by atoms with Crippen molar-refractivity contribution in [1.29, 1.82) is 0 Å². The van der Waals surface area contributed by atoms with Gasteiger partial charge in [0.2, 0.25) is 0 Å². The number of piperidine rings is 1. The Labute approximate surface area is 166 Å². The summed E-state index contributed by atoms with van der Waals surface area (Å²) < 4.78 is 0. The quantitative estimate of drug-likeness (QED) is 0.614. The van der Waals surface area contributed by atoms with Crippen molar-refractivity contribution in [2.45, 2.75) is 38.6 Å². The summed E-state index contributed by atoms with van der Waals surface area (Å²) in [5.74, 6) is 0.293. The number of nitrogens with one attached hydrogen (secondary N) is 1. The van der Waals surface area contributed by atoms with Crippen LogP contribution >= 0.6 is 0 Å². The molecule has 1 aromatic carbocycles. The van der Waals surface area contributed by atoms with Crippen LogP contribution in [0, 0.1) is 0 Å². The number of carbonyl (C=O) groups is 2. The zero-order valence-electron chi connectivity index (χ0n) is 16.5. The molecule has 5 nitrogen and oxygen atoms in total. The van der Waals surface area contributed by atoms with Crippen LogP contribution in [0.4, 0.5) is 5.69 Å². The molecule has 146 valence electrons. The van der Waals surface area contributed by atoms with E-state index in [9.17, 15) is 9.59 Å². The van der Waals surface area contributed by atoms with Gasteiger partial charge in [-0.1, -0.05) is 38.1 Å². The van der Waals surface area contributed by atoms with Gasteiger partial charge in [0.15, 0.2) is 0 Å². The minimum atomic E-state index is -0.108. The van der Waals surface area contributed by atoms with Crippen molar-refractivity contribution in [3.63, 3.8) is 0 Å². The molecule has 1 saturated heterocycles. The summed E-state index contributed by atoms with van der Waals surface area (Å²) in [5.41, 5.74) is 3.76. The third kappa shape index (κ3) is 4.85. The van der Waals surface area contributed by atoms with Crippen molar-refractivity contribution in [2.75, 3.05) is 18.0 Å². The molecule has 2 heterocycles. The third-order valence-corrected chi connectivity index (χ3v) is 5.15. The molecule has 0 aliphatic carbocycles. The van der Waals surface area contributed by atoms with Crippen LogP contribution in [-0.4, -0.2) is 36.3 Å². The molecule has 0 bridgehead atoms. The maximum absolute atomic E-state index is 12.5. The van der Waals surface area contributed by atoms with Crippen LogP contribution in [0.1, 0.15) is 54.2 Å². The maximum atomic E-state index is 12.5. The Hall–Kier alpha value is -2.95. The molecule has 0 spiro atoms. The molecule has 1 N–H and O–H groups in total. The molecule has 1 aromatic heterocycles. The maximum Gasteiger partial charge on any atom is 0.270 e. The molecule has 1 aliphatic heterocycles. The van der Waals surface area contributed by atoms with Gasteiger partial charge in [-0.3, -0.25) is 14.6 Å². The van der Waals surface area contributed by atoms with E-state index in [4.69, 9.17) is 0 Å². The van der Waals surface area contributed by atoms with Crippen molar-refractivity contribution >= 4 is 24.0 Å². The van der Waals surface area contributed by atoms with Crippen molar-refractivity contribution in [3.8, 4) is 0 Å². The van der Waals surface area contributed by atoms with Gasteiger partial charge in [0.05, 0.1) is 0 Å². The monoisotopic (exact) mass is 377 g/mol. The van der Waals surface area contributed by atoms with E-state index in [0.29, 0.717) is 11.6 Å². The highest BCUT2D eigenvalue weighted by molar-refractivity contribution is 5.92. The standard InChI is InChI=1S/C23H27N3O2/c1-17(2)19-9-10-21(24-16-19)23(28)25-20-11-13-26(14-12-20)22-8-4-3-6-18(22)7-5-15-27/h3-10,15-17,20H,11-14H2,1-2H3,(H,25,28)/b7-5+. The summed E-state index contributed by atoms with van der Waals surface area (Å²) in [4.78, 5) is 29.7. The summed E-state index contributed by atoms with van der Waals surface area (Å²) in [5, 5.41) is 3.12. The first-order valence-electron chi connectivity index (χ1n) is 9.81. The van der Waals surface area contributed by atoms with Gasteiger partial charge >= 0.3 is 0 Å². The number of hydrogen-bond donors (Lipinski definition) is 1. The number of rotatable bonds is 6. The second-order valence-corrected chi connectivity index (χ2v) is 7.42. The lowest BCUT2D eigenvalue weighted by Crippen LogP contribution is -2.45. The SMILES string of the molecule is CC(C)c1ccc(C(=O)NC2CCN(c3ccccc3/C=C/C=O)CC2)nc1. The van der Waals surface area contributed by atoms with Gasteiger partial charge < -0.3 is 10.2 Å². The molecular formula is C23H27N3O2. The Bertz CT molecular complexity index is 835. The molecule has 28 heavy (non-hydrogen) atoms. The van der Waals surface area contributed by atoms with Gasteiger partial charge in [0.1, 0.15) is 12.0 Å². The number of allylic oxidation sites excluding steroid dienone is 1. The Morgan fingerprint density at radius 1 is 1.18 bits per heavy atom. The first-order valence-corrected chi connectivity index (χ1v) is 9.81. The summed E-state index contributed by atoms with van der Waals surface area (Å²) in [6, 6.07) is 12.0. The average molecular weight is 377 g/mol. The second-order valence-electron chi connectivity index (χ2n) is 7.42. The number of carbonyl (C=O) groups excluding carboxylic acids is 2. The zero-order chi connectivity index (χ0) is 19.9. The van der Waals surface area contributed by atoms with E-state index in [1.807, 2.05) is 30.3 Å². The molecule has 0 saturated carbocycles. The van der Waals surface area contributed by atoms with Crippen LogP contribution in [0.3, 0.4) is 0 Å². The number of anilines is 1. The normalized spacial score (nSPS) is 15.2. The minimum absolute atomic E-state index is 0.108. The summed E-state index contributed by atoms with van der Waals surface area (Å²) >= 11 is 0. The van der Waals surface area contributed by atoms with Crippen LogP contribution in [-0.2, 0) is 4.79 Å². The number of benzene rings is 1. The van der Waals surface area contributed by atoms with Gasteiger partial charge in [-0.2, -0.15) is 0 Å². The molecule has 0 unspecified atom stereocenters. The first-order chi connectivity index (χ1) is 13.6. The van der Waals surface area contributed by atoms with E-state index in [1.165, 1.54) is 6.08 Å². The van der Waals surface area contributed by atoms with E-state index in [0.717, 1.165) is 49.0 Å². The van der Waals surface area contributed by atoms with E-state index >= 15 is 0 Å². The smallest absolute Gasteiger partial charge is 0.270 e. The van der Waals surface area contributed by atoms with Crippen LogP contribution in [0.25, 0.3) is 6.08 Å². The van der Waals surface area contributed by atoms with Crippen molar-refractivity contribution < 1.29 is 9.59 Å². The number of nitrogens with zero attached hydrogens (tertiary/aromatic N) is 2. The Morgan fingerprint density at radius 2 is 1.93 bits per heavy atom. The Balaban J connectivity index is 1.58. The number of para-hydroxylation sites is 1. The van der Waals surface area contributed by atoms with Crippen LogP contribution in [0.5, 0.6) is 0 Å². The van der Waals surface area contributed by atoms with Crippen LogP contribution in [0.15, 0.2) is 48.7 Å². The average Bonchev–Trinajstić information content (AvgIpc) is 2.73. The lowest BCUT2D eigenvalue weighted by Gasteiger charge is -2.34. The second kappa shape index (κ2) is 9.31. The molecule has 1 aliphatic rings. The number of aldehydes is 1. The molecule has 2 aromatic rings. The van der Waals surface area contributed by atoms with Gasteiger partial charge in [-0.25, -0.2) is 0 Å². The van der Waals surface area contributed by atoms with Crippen molar-refractivity contribution in [3.05, 3.63) is 65.5 Å². The van der Waals surface area contributed by atoms with Crippen molar-refractivity contribution in [1.82, 2.24) is 10.3 Å². The lowest BCUT2D eigenvalue weighted by atomic mass is 10.0. The fourth-order valence-corrected chi connectivity index (χ4v) is 3.46. The van der Waals surface area contributed by atoms with E-state index in [2.05, 4.69) is 35.1 Å². The molecule has 0 atom stereocenters. The Kier molecular flexibility index (Phi) is 6.58. The van der Waals surface area contributed by atoms with Crippen LogP contribution in [0.2, 0.25) is 0 Å². The summed E-state index contributed by atoms with van der Waals surface area (Å²) in [6.07, 6.45) is 7.68. The van der Waals surface area contributed by atoms with Crippen LogP contribution < -0.4 is 10.2 Å². The third-order valence-electron chi connectivity index (χ3n) is 5.15. The lowest BCUT2D eigenvalue weighted by molar-refractivity contribution is -0.104. The number of hydrogen-bond acceptors (Lipinski definition) is 4. The van der Waals surface area contributed by atoms with Gasteiger partial charge in [0, 0.05) is 31.0 Å². The van der Waals surface area contributed by atoms with Gasteiger partial charge in [0.25, 0.3) is 5.91 Å². The van der Waals surface area contributed by atoms with E-state index in [1.54, 1.807) is 12.3 Å². The topological polar surface area (TPSA) is 62.3 Å². The minimum Gasteiger partial charge on any atom is -0.371 e. The van der Waals surface area contributed by atoms with Crippen molar-refractivity contribution in [2.24, 2.45) is 0 Å². The van der Waals surface area contributed by atoms with E-state index < -0.39 is 0 Å². The number of pyridine rings is 1. The molecule has 3 rings (SSSR count). The molecule has 0 radical (unpaired) electrons. The van der Waals surface area contributed by atoms with Gasteiger partial charge in [-0.15, -0.1) is 0 Å². The number of amides is 1. The molecular weight excluding hydrogens is 350 g/mol. The highest BCUT2D eigenvalue weighted by Gasteiger charge is 2.22. The predicted molar refractivity (Wildman–Crippen MR) is 113 cm³/mol. The highest BCUT2D eigenvalue weighted by atomic mass is 16.2. The fourth-order valence-electron chi connectivity index (χ4n) is 3.46. The first kappa shape index (κ1) is 19.8. The zero-order valence-corrected chi connectivity index (χ0v) is 16.5. The van der Waals surface area contributed by atoms with E-state index in [-0.39, 0.29) is 11.9 Å². The molecule has 1 amide bonds. The molecule has 1 fully saturated rings. The molecule has 5 heteroatoms. The predicted octanol–water partition coefficient (Wildman–Crippen LogP) is 3.82. The Morgan fingerprint density at radius 3 is 2.57 bits per heavy atom. The largest absolute Gasteiger partial charge is 0.371 e.